The Morgan fingerprint density at radius 1 is 1.37 bits per heavy atom. The van der Waals surface area contributed by atoms with Gasteiger partial charge < -0.3 is 29.6 Å². The quantitative estimate of drug-likeness (QED) is 0.369. The molecule has 0 aliphatic carbocycles. The molecule has 0 radical (unpaired) electrons. The Balaban J connectivity index is 2.11. The molecule has 1 aliphatic rings. The van der Waals surface area contributed by atoms with Gasteiger partial charge in [0.25, 0.3) is 0 Å². The van der Waals surface area contributed by atoms with E-state index in [1.807, 2.05) is 0 Å². The lowest BCUT2D eigenvalue weighted by molar-refractivity contribution is -0.225. The second-order valence-electron chi connectivity index (χ2n) is 6.72. The average molecular weight is 379 g/mol. The highest BCUT2D eigenvalue weighted by Crippen LogP contribution is 2.34. The molecule has 27 heavy (non-hydrogen) atoms. The zero-order valence-corrected chi connectivity index (χ0v) is 16.0. The maximum absolute atomic E-state index is 11.6. The van der Waals surface area contributed by atoms with Crippen molar-refractivity contribution in [3.63, 3.8) is 0 Å². The summed E-state index contributed by atoms with van der Waals surface area (Å²) in [5.74, 6) is -1.23. The zero-order chi connectivity index (χ0) is 20.1. The number of rotatable bonds is 7. The molecule has 1 aliphatic heterocycles. The third-order valence-electron chi connectivity index (χ3n) is 4.16. The van der Waals surface area contributed by atoms with E-state index >= 15 is 0 Å². The zero-order valence-electron chi connectivity index (χ0n) is 16.0. The summed E-state index contributed by atoms with van der Waals surface area (Å²) in [6, 6.07) is 5.09. The molecular formula is C18H26BNO7. The van der Waals surface area contributed by atoms with Gasteiger partial charge in [0.15, 0.2) is 6.29 Å². The summed E-state index contributed by atoms with van der Waals surface area (Å²) >= 11 is 0. The van der Waals surface area contributed by atoms with Crippen LogP contribution in [0.4, 0.5) is 0 Å². The fraction of sp³-hybridized carbons (Fsp3) is 0.556. The van der Waals surface area contributed by atoms with E-state index in [0.29, 0.717) is 29.7 Å². The van der Waals surface area contributed by atoms with Gasteiger partial charge in [-0.25, -0.2) is 0 Å². The summed E-state index contributed by atoms with van der Waals surface area (Å²) in [7, 11) is -1.25. The Bertz CT molecular complexity index is 682. The van der Waals surface area contributed by atoms with Gasteiger partial charge >= 0.3 is 13.1 Å². The van der Waals surface area contributed by atoms with E-state index in [4.69, 9.17) is 14.1 Å². The van der Waals surface area contributed by atoms with Gasteiger partial charge in [0.2, 0.25) is 12.2 Å². The van der Waals surface area contributed by atoms with Crippen LogP contribution in [0.1, 0.15) is 51.5 Å². The number of nitrogens with one attached hydrogen (secondary N) is 1. The number of carbonyl (C=O) groups excluding carboxylic acids is 2. The number of hydrogen-bond donors (Lipinski definition) is 3. The minimum atomic E-state index is -1.41. The molecule has 8 nitrogen and oxygen atoms in total. The highest BCUT2D eigenvalue weighted by atomic mass is 16.7. The van der Waals surface area contributed by atoms with E-state index < -0.39 is 31.6 Å². The number of carbonyl (C=O) groups is 2. The molecule has 0 aromatic heterocycles. The number of ether oxygens (including phenoxy) is 2. The molecule has 1 heterocycles. The van der Waals surface area contributed by atoms with Gasteiger partial charge in [0.05, 0.1) is 11.9 Å². The van der Waals surface area contributed by atoms with Crippen molar-refractivity contribution in [2.75, 3.05) is 0 Å². The molecular weight excluding hydrogens is 353 g/mol. The first-order chi connectivity index (χ1) is 12.7. The Hall–Kier alpha value is -2.10. The van der Waals surface area contributed by atoms with Gasteiger partial charge in [-0.1, -0.05) is 39.0 Å². The molecule has 0 saturated carbocycles. The average Bonchev–Trinajstić information content (AvgIpc) is 2.61. The molecule has 2 rings (SSSR count). The van der Waals surface area contributed by atoms with Gasteiger partial charge in [0.1, 0.15) is 5.75 Å². The van der Waals surface area contributed by atoms with Crippen LogP contribution in [0.2, 0.25) is 0 Å². The summed E-state index contributed by atoms with van der Waals surface area (Å²) in [6.07, 6.45) is -1.73. The van der Waals surface area contributed by atoms with Crippen LogP contribution < -0.4 is 9.97 Å². The Morgan fingerprint density at radius 2 is 2.07 bits per heavy atom. The Morgan fingerprint density at radius 3 is 2.70 bits per heavy atom. The largest absolute Gasteiger partial charge is 0.547 e. The molecule has 0 bridgehead atoms. The van der Waals surface area contributed by atoms with E-state index in [0.717, 1.165) is 0 Å². The van der Waals surface area contributed by atoms with E-state index in [2.05, 4.69) is 5.32 Å². The first-order valence-corrected chi connectivity index (χ1v) is 9.02. The summed E-state index contributed by atoms with van der Waals surface area (Å²) < 4.78 is 16.0. The van der Waals surface area contributed by atoms with Crippen molar-refractivity contribution in [3.05, 3.63) is 29.3 Å². The fourth-order valence-electron chi connectivity index (χ4n) is 2.66. The minimum Gasteiger partial charge on any atom is -0.534 e. The second kappa shape index (κ2) is 9.21. The van der Waals surface area contributed by atoms with E-state index in [-0.39, 0.29) is 11.8 Å². The topological polar surface area (TPSA) is 114 Å². The van der Waals surface area contributed by atoms with Crippen molar-refractivity contribution in [1.82, 2.24) is 5.32 Å². The highest BCUT2D eigenvalue weighted by molar-refractivity contribution is 6.46. The number of benzene rings is 1. The molecule has 0 fully saturated rings. The first kappa shape index (κ1) is 21.2. The summed E-state index contributed by atoms with van der Waals surface area (Å²) in [5, 5.41) is 23.3. The molecule has 3 N–H and O–H groups in total. The maximum atomic E-state index is 11.6. The summed E-state index contributed by atoms with van der Waals surface area (Å²) in [4.78, 5) is 23.2. The van der Waals surface area contributed by atoms with Gasteiger partial charge in [-0.3, -0.25) is 9.59 Å². The van der Waals surface area contributed by atoms with Crippen LogP contribution in [0, 0.1) is 5.92 Å². The standard InChI is InChI=1S/C18H26BNO7/c1-5-15(21)20-14-9-12-7-6-8-13(16(12)27-19(14)24)18(23)26-11(4)25-17(22)10(2)3/h6-8,10-11,14,18,23-24H,5,9H2,1-4H3,(H,20,21)/t11?,14-,18?/m0/s1. The lowest BCUT2D eigenvalue weighted by Gasteiger charge is -2.30. The Kier molecular flexibility index (Phi) is 7.23. The number of fused-ring (bicyclic) bond motifs is 1. The van der Waals surface area contributed by atoms with Gasteiger partial charge in [-0.05, 0) is 18.9 Å². The van der Waals surface area contributed by atoms with E-state index in [1.165, 1.54) is 6.92 Å². The first-order valence-electron chi connectivity index (χ1n) is 9.02. The predicted octanol–water partition coefficient (Wildman–Crippen LogP) is 1.09. The molecule has 1 aromatic rings. The monoisotopic (exact) mass is 379 g/mol. The summed E-state index contributed by atoms with van der Waals surface area (Å²) in [5.41, 5.74) is 1.02. The van der Waals surface area contributed by atoms with Crippen molar-refractivity contribution in [2.24, 2.45) is 5.92 Å². The van der Waals surface area contributed by atoms with E-state index in [1.54, 1.807) is 39.0 Å². The molecule has 0 saturated heterocycles. The van der Waals surface area contributed by atoms with E-state index in [9.17, 15) is 19.7 Å². The van der Waals surface area contributed by atoms with Crippen molar-refractivity contribution in [3.8, 4) is 5.75 Å². The number of para-hydroxylation sites is 1. The molecule has 2 unspecified atom stereocenters. The number of esters is 1. The SMILES string of the molecule is CCC(=O)N[C@H]1Cc2cccc(C(O)OC(C)OC(=O)C(C)C)c2OB1O. The normalized spacial score (nSPS) is 18.3. The van der Waals surface area contributed by atoms with Gasteiger partial charge in [-0.2, -0.15) is 0 Å². The third-order valence-corrected chi connectivity index (χ3v) is 4.16. The molecule has 1 aromatic carbocycles. The lowest BCUT2D eigenvalue weighted by atomic mass is 9.72. The number of amides is 1. The van der Waals surface area contributed by atoms with Crippen molar-refractivity contribution < 1.29 is 33.8 Å². The lowest BCUT2D eigenvalue weighted by Crippen LogP contribution is -2.53. The van der Waals surface area contributed by atoms with Crippen LogP contribution in [-0.2, 0) is 25.5 Å². The van der Waals surface area contributed by atoms with Crippen LogP contribution in [0.25, 0.3) is 0 Å². The smallest absolute Gasteiger partial charge is 0.534 e. The number of aliphatic hydroxyl groups excluding tert-OH is 1. The van der Waals surface area contributed by atoms with Crippen LogP contribution in [-0.4, -0.2) is 41.4 Å². The Labute approximate surface area is 158 Å². The van der Waals surface area contributed by atoms with Crippen LogP contribution in [0.3, 0.4) is 0 Å². The van der Waals surface area contributed by atoms with Crippen molar-refractivity contribution in [1.29, 1.82) is 0 Å². The van der Waals surface area contributed by atoms with Crippen LogP contribution >= 0.6 is 0 Å². The van der Waals surface area contributed by atoms with Gasteiger partial charge in [0, 0.05) is 12.0 Å². The number of aliphatic hydroxyl groups is 1. The minimum absolute atomic E-state index is 0.189. The van der Waals surface area contributed by atoms with Crippen LogP contribution in [0.15, 0.2) is 18.2 Å². The molecule has 3 atom stereocenters. The maximum Gasteiger partial charge on any atom is 0.547 e. The fourth-order valence-corrected chi connectivity index (χ4v) is 2.66. The second-order valence-corrected chi connectivity index (χ2v) is 6.72. The highest BCUT2D eigenvalue weighted by Gasteiger charge is 2.37. The number of hydrogen-bond acceptors (Lipinski definition) is 7. The van der Waals surface area contributed by atoms with Crippen LogP contribution in [0.5, 0.6) is 5.75 Å². The predicted molar refractivity (Wildman–Crippen MR) is 97.4 cm³/mol. The van der Waals surface area contributed by atoms with Crippen molar-refractivity contribution >= 4 is 19.0 Å². The third kappa shape index (κ3) is 5.44. The summed E-state index contributed by atoms with van der Waals surface area (Å²) in [6.45, 7) is 6.62. The molecule has 9 heteroatoms. The van der Waals surface area contributed by atoms with Gasteiger partial charge in [-0.15, -0.1) is 0 Å². The molecule has 148 valence electrons. The molecule has 1 amide bonds. The van der Waals surface area contributed by atoms with Crippen molar-refractivity contribution in [2.45, 2.75) is 59.1 Å². The molecule has 0 spiro atoms.